The number of fused-ring (bicyclic) bond motifs is 11. The maximum atomic E-state index is 5.47. The van der Waals surface area contributed by atoms with Gasteiger partial charge in [0.05, 0.1) is 89.5 Å². The minimum absolute atomic E-state index is 0.195. The van der Waals surface area contributed by atoms with E-state index in [0.717, 1.165) is 155 Å². The fourth-order valence-corrected chi connectivity index (χ4v) is 16.3. The molecule has 22 rings (SSSR count). The van der Waals surface area contributed by atoms with Gasteiger partial charge < -0.3 is 0 Å². The molecule has 0 saturated carbocycles. The fourth-order valence-electron chi connectivity index (χ4n) is 16.3. The van der Waals surface area contributed by atoms with E-state index in [1.807, 2.05) is 54.7 Å². The predicted molar refractivity (Wildman–Crippen MR) is 434 cm³/mol. The number of benzene rings is 9. The Labute approximate surface area is 609 Å². The van der Waals surface area contributed by atoms with Crippen molar-refractivity contribution in [1.29, 1.82) is 0 Å². The third-order valence-electron chi connectivity index (χ3n) is 21.4. The van der Waals surface area contributed by atoms with E-state index >= 15 is 0 Å². The molecule has 0 saturated heterocycles. The van der Waals surface area contributed by atoms with Gasteiger partial charge in [-0.1, -0.05) is 243 Å². The first kappa shape index (κ1) is 60.6. The highest BCUT2D eigenvalue weighted by molar-refractivity contribution is 6.18. The van der Waals surface area contributed by atoms with Crippen molar-refractivity contribution in [3.05, 3.63) is 380 Å². The minimum Gasteiger partial charge on any atom is -0.255 e. The maximum absolute atomic E-state index is 5.47. The molecule has 9 heteroatoms. The van der Waals surface area contributed by atoms with Gasteiger partial charge in [0.1, 0.15) is 0 Å². The monoisotopic (exact) mass is 1350 g/mol. The first-order valence-corrected chi connectivity index (χ1v) is 35.9. The van der Waals surface area contributed by atoms with Crippen LogP contribution in [0.3, 0.4) is 0 Å². The van der Waals surface area contributed by atoms with Gasteiger partial charge in [-0.2, -0.15) is 0 Å². The molecular formula is C97H59N9. The van der Waals surface area contributed by atoms with Crippen LogP contribution in [0.15, 0.2) is 368 Å². The summed E-state index contributed by atoms with van der Waals surface area (Å²) in [6.45, 7) is 0. The van der Waals surface area contributed by atoms with E-state index in [0.29, 0.717) is 0 Å². The number of hydrogen-bond donors (Lipinski definition) is 0. The number of pyridine rings is 9. The lowest BCUT2D eigenvalue weighted by atomic mass is 9.61. The van der Waals surface area contributed by atoms with Gasteiger partial charge in [0.25, 0.3) is 0 Å². The van der Waals surface area contributed by atoms with Crippen molar-refractivity contribution in [1.82, 2.24) is 44.9 Å². The van der Waals surface area contributed by atoms with Gasteiger partial charge in [-0.05, 0) is 147 Å². The Morgan fingerprint density at radius 3 is 1.32 bits per heavy atom. The van der Waals surface area contributed by atoms with Gasteiger partial charge >= 0.3 is 0 Å². The van der Waals surface area contributed by atoms with Crippen LogP contribution in [0.5, 0.6) is 0 Å². The summed E-state index contributed by atoms with van der Waals surface area (Å²) in [5.41, 5.74) is 30.3. The van der Waals surface area contributed by atoms with Gasteiger partial charge in [-0.15, -0.1) is 0 Å². The van der Waals surface area contributed by atoms with Crippen LogP contribution in [0, 0.1) is 11.8 Å². The Morgan fingerprint density at radius 1 is 0.236 bits per heavy atom. The lowest BCUT2D eigenvalue weighted by molar-refractivity contribution is 0.569. The average molecular weight is 1350 g/mol. The van der Waals surface area contributed by atoms with E-state index < -0.39 is 0 Å². The quantitative estimate of drug-likeness (QED) is 0.108. The van der Waals surface area contributed by atoms with Crippen LogP contribution in [0.4, 0.5) is 0 Å². The van der Waals surface area contributed by atoms with Gasteiger partial charge in [-0.3, -0.25) is 9.97 Å². The van der Waals surface area contributed by atoms with Crippen molar-refractivity contribution in [2.45, 2.75) is 0 Å². The van der Waals surface area contributed by atoms with Gasteiger partial charge in [0.15, 0.2) is 0 Å². The summed E-state index contributed by atoms with van der Waals surface area (Å²) in [6.07, 6.45) is 22.1. The van der Waals surface area contributed by atoms with Gasteiger partial charge in [0, 0.05) is 89.4 Å². The molecule has 0 fully saturated rings. The molecule has 4 aliphatic carbocycles. The Bertz CT molecular complexity index is 7000. The number of nitrogens with zero attached hydrogens (tertiary/aromatic N) is 9. The Hall–Kier alpha value is -14.2. The Morgan fingerprint density at radius 2 is 0.698 bits per heavy atom. The first-order valence-electron chi connectivity index (χ1n) is 35.9. The van der Waals surface area contributed by atoms with E-state index in [9.17, 15) is 0 Å². The van der Waals surface area contributed by atoms with E-state index in [1.54, 1.807) is 6.20 Å². The zero-order valence-electron chi connectivity index (χ0n) is 57.1. The molecule has 9 aromatic heterocycles. The van der Waals surface area contributed by atoms with Crippen LogP contribution in [0.1, 0.15) is 11.3 Å². The van der Waals surface area contributed by atoms with Gasteiger partial charge in [0.2, 0.25) is 0 Å². The lowest BCUT2D eigenvalue weighted by Gasteiger charge is -2.42. The Kier molecular flexibility index (Phi) is 14.2. The molecule has 492 valence electrons. The standard InChI is InChI=1S/C52H32N4.C45H27N5/c1-2-8-32(9-3-1)48-41-10-4-5-11-43(41)56-52-42(48)26-19-35-21-27-44(55-51(35)52)38-23-16-34-17-24-39-37(22-15-33-18-25-40(38)50(34)49(33)39)36-14-13-31-20-28-46(54-47(31)30-36)45-12-6-7-29-53-45;1-2-8-29(9-3-1)43-34-10-4-5-11-37(34)49-45-35(43)20-15-30-17-23-41(50-44(30)45)40-24-19-33-26-31(18-21-36(33)47-40)32-14-13-28-16-22-39(48-42(28)27-32)38-12-6-7-25-46-38/h1-30,49-50H;1-27H. The number of hydrogen-bond acceptors (Lipinski definition) is 9. The molecule has 9 heterocycles. The molecule has 4 aliphatic rings. The molecule has 0 aliphatic heterocycles. The minimum atomic E-state index is 0.195. The topological polar surface area (TPSA) is 116 Å². The first-order chi connectivity index (χ1) is 52.5. The zero-order chi connectivity index (χ0) is 69.8. The van der Waals surface area contributed by atoms with Crippen molar-refractivity contribution in [2.75, 3.05) is 0 Å². The zero-order valence-corrected chi connectivity index (χ0v) is 57.1. The third-order valence-corrected chi connectivity index (χ3v) is 21.4. The summed E-state index contributed by atoms with van der Waals surface area (Å²) in [4.78, 5) is 45.2. The molecule has 0 N–H and O–H groups in total. The summed E-state index contributed by atoms with van der Waals surface area (Å²) < 4.78 is 0. The van der Waals surface area contributed by atoms with Crippen molar-refractivity contribution < 1.29 is 0 Å². The molecular weight excluding hydrogens is 1290 g/mol. The maximum Gasteiger partial charge on any atom is 0.0978 e. The second kappa shape index (κ2) is 24.8. The van der Waals surface area contributed by atoms with Crippen molar-refractivity contribution in [2.24, 2.45) is 11.8 Å². The van der Waals surface area contributed by atoms with Crippen LogP contribution >= 0.6 is 0 Å². The smallest absolute Gasteiger partial charge is 0.0978 e. The second-order valence-corrected chi connectivity index (χ2v) is 27.5. The fraction of sp³-hybridized carbons (Fsp3) is 0.0206. The molecule has 0 amide bonds. The van der Waals surface area contributed by atoms with E-state index in [4.69, 9.17) is 34.9 Å². The largest absolute Gasteiger partial charge is 0.255 e. The molecule has 0 bridgehead atoms. The summed E-state index contributed by atoms with van der Waals surface area (Å²) >= 11 is 0. The molecule has 2 atom stereocenters. The molecule has 2 unspecified atom stereocenters. The van der Waals surface area contributed by atoms with E-state index in [1.165, 1.54) is 55.7 Å². The van der Waals surface area contributed by atoms with E-state index in [-0.39, 0.29) is 11.8 Å². The molecule has 0 spiro atoms. The lowest BCUT2D eigenvalue weighted by Crippen LogP contribution is -2.30. The number of allylic oxidation sites excluding steroid dienone is 14. The molecule has 106 heavy (non-hydrogen) atoms. The van der Waals surface area contributed by atoms with Crippen LogP contribution in [-0.2, 0) is 0 Å². The number of para-hydroxylation sites is 2. The summed E-state index contributed by atoms with van der Waals surface area (Å²) in [7, 11) is 0. The van der Waals surface area contributed by atoms with Crippen LogP contribution in [0.2, 0.25) is 0 Å². The highest BCUT2D eigenvalue weighted by Crippen LogP contribution is 2.54. The summed E-state index contributed by atoms with van der Waals surface area (Å²) in [5, 5.41) is 9.88. The summed E-state index contributed by atoms with van der Waals surface area (Å²) in [6, 6.07) is 99.1. The summed E-state index contributed by atoms with van der Waals surface area (Å²) in [5.74, 6) is 0.405. The van der Waals surface area contributed by atoms with Crippen LogP contribution in [-0.4, -0.2) is 44.9 Å². The average Bonchev–Trinajstić information content (AvgIpc) is 0.734. The second-order valence-electron chi connectivity index (χ2n) is 27.5. The molecule has 9 aromatic carbocycles. The SMILES string of the molecule is C1=CC2=C(c3ccc4ccc(-c5ccccn5)nc4c3)C=CC3=CC=C4C(c5ccc6ccc7c(-c8ccccc8)c8ccccc8nc7c6n5)=CC=C1C4C32.c1ccc(-c2c3ccccc3nc3c2ccc2ccc(-c4ccc5cc(-c6ccc7ccc(-c8ccccn8)nc7c6)ccc5n4)nc23)cc1. The van der Waals surface area contributed by atoms with Crippen LogP contribution < -0.4 is 0 Å². The Balaban J connectivity index is 0.000000137. The van der Waals surface area contributed by atoms with Crippen molar-refractivity contribution in [3.8, 4) is 67.5 Å². The number of rotatable bonds is 8. The normalized spacial score (nSPS) is 15.1. The molecule has 0 radical (unpaired) electrons. The molecule has 18 aromatic rings. The van der Waals surface area contributed by atoms with E-state index in [2.05, 4.69) is 295 Å². The molecule has 9 nitrogen and oxygen atoms in total. The van der Waals surface area contributed by atoms with Crippen molar-refractivity contribution in [3.63, 3.8) is 0 Å². The highest BCUT2D eigenvalue weighted by Gasteiger charge is 2.41. The van der Waals surface area contributed by atoms with Crippen LogP contribution in [0.25, 0.3) is 177 Å². The van der Waals surface area contributed by atoms with Crippen molar-refractivity contribution >= 4 is 109 Å². The number of aromatic nitrogens is 9. The third kappa shape index (κ3) is 10.3. The highest BCUT2D eigenvalue weighted by atomic mass is 14.8. The predicted octanol–water partition coefficient (Wildman–Crippen LogP) is 23.3. The van der Waals surface area contributed by atoms with Gasteiger partial charge in [-0.25, -0.2) is 34.9 Å².